The highest BCUT2D eigenvalue weighted by Gasteiger charge is 2.28. The average Bonchev–Trinajstić information content (AvgIpc) is 2.63. The molecule has 0 heterocycles. The van der Waals surface area contributed by atoms with E-state index in [2.05, 4.69) is 98.7 Å². The summed E-state index contributed by atoms with van der Waals surface area (Å²) in [7, 11) is 0. The van der Waals surface area contributed by atoms with Gasteiger partial charge in [-0.3, -0.25) is 0 Å². The third kappa shape index (κ3) is 6.11. The second-order valence-electron chi connectivity index (χ2n) is 10.7. The Kier molecular flexibility index (Phi) is 7.60. The molecule has 160 valence electrons. The van der Waals surface area contributed by atoms with Crippen molar-refractivity contribution in [2.75, 3.05) is 6.61 Å². The molecule has 29 heavy (non-hydrogen) atoms. The van der Waals surface area contributed by atoms with Gasteiger partial charge in [0.15, 0.2) is 0 Å². The minimum atomic E-state index is 0.0218. The van der Waals surface area contributed by atoms with Crippen LogP contribution in [-0.2, 0) is 10.8 Å². The van der Waals surface area contributed by atoms with Crippen molar-refractivity contribution in [3.63, 3.8) is 0 Å². The number of hydrogen-bond donors (Lipinski definition) is 0. The zero-order chi connectivity index (χ0) is 21.8. The van der Waals surface area contributed by atoms with Gasteiger partial charge in [-0.1, -0.05) is 99.4 Å². The Morgan fingerprint density at radius 1 is 0.759 bits per heavy atom. The Balaban J connectivity index is 2.59. The van der Waals surface area contributed by atoms with E-state index in [9.17, 15) is 0 Å². The third-order valence-corrected chi connectivity index (χ3v) is 5.61. The Bertz CT molecular complexity index is 748. The second-order valence-corrected chi connectivity index (χ2v) is 10.7. The van der Waals surface area contributed by atoms with E-state index in [0.29, 0.717) is 5.92 Å². The van der Waals surface area contributed by atoms with Crippen LogP contribution in [0.15, 0.2) is 36.4 Å². The van der Waals surface area contributed by atoms with Crippen LogP contribution in [0.4, 0.5) is 0 Å². The Labute approximate surface area is 179 Å². The number of hydrogen-bond acceptors (Lipinski definition) is 1. The van der Waals surface area contributed by atoms with Crippen molar-refractivity contribution in [1.82, 2.24) is 0 Å². The molecule has 1 nitrogen and oxygen atoms in total. The molecule has 1 heteroatoms. The summed E-state index contributed by atoms with van der Waals surface area (Å²) in [6.45, 7) is 21.3. The molecule has 2 aromatic rings. The molecular weight excluding hydrogens is 352 g/mol. The second kappa shape index (κ2) is 9.37. The lowest BCUT2D eigenvalue weighted by Crippen LogP contribution is -2.20. The molecule has 0 atom stereocenters. The van der Waals surface area contributed by atoms with E-state index in [-0.39, 0.29) is 10.8 Å². The van der Waals surface area contributed by atoms with Gasteiger partial charge in [0.1, 0.15) is 5.75 Å². The van der Waals surface area contributed by atoms with Gasteiger partial charge in [0.25, 0.3) is 0 Å². The molecule has 0 amide bonds. The van der Waals surface area contributed by atoms with Crippen LogP contribution in [0.5, 0.6) is 5.75 Å². The van der Waals surface area contributed by atoms with Crippen molar-refractivity contribution < 1.29 is 4.74 Å². The predicted molar refractivity (Wildman–Crippen MR) is 128 cm³/mol. The van der Waals surface area contributed by atoms with Gasteiger partial charge < -0.3 is 4.74 Å². The summed E-state index contributed by atoms with van der Waals surface area (Å²) in [4.78, 5) is 0. The monoisotopic (exact) mass is 394 g/mol. The van der Waals surface area contributed by atoms with E-state index < -0.39 is 0 Å². The average molecular weight is 395 g/mol. The molecule has 0 radical (unpaired) electrons. The van der Waals surface area contributed by atoms with Gasteiger partial charge in [-0.05, 0) is 52.0 Å². The first-order chi connectivity index (χ1) is 13.4. The van der Waals surface area contributed by atoms with Gasteiger partial charge in [0.05, 0.1) is 6.61 Å². The third-order valence-electron chi connectivity index (χ3n) is 5.61. The predicted octanol–water partition coefficient (Wildman–Crippen LogP) is 8.64. The summed E-state index contributed by atoms with van der Waals surface area (Å²) in [6, 6.07) is 13.8. The number of benzene rings is 2. The van der Waals surface area contributed by atoms with Gasteiger partial charge in [-0.2, -0.15) is 0 Å². The molecule has 0 spiro atoms. The highest BCUT2D eigenvalue weighted by molar-refractivity contribution is 5.69. The van der Waals surface area contributed by atoms with Crippen LogP contribution in [-0.4, -0.2) is 6.61 Å². The lowest BCUT2D eigenvalue weighted by molar-refractivity contribution is 0.290. The molecule has 0 aromatic heterocycles. The first-order valence-corrected chi connectivity index (χ1v) is 11.4. The number of unbranched alkanes of at least 4 members (excludes halogenated alkanes) is 2. The molecule has 0 saturated carbocycles. The minimum Gasteiger partial charge on any atom is -0.493 e. The van der Waals surface area contributed by atoms with Crippen LogP contribution >= 0.6 is 0 Å². The Morgan fingerprint density at radius 3 is 1.69 bits per heavy atom. The fourth-order valence-electron chi connectivity index (χ4n) is 3.65. The van der Waals surface area contributed by atoms with E-state index in [1.165, 1.54) is 40.7 Å². The van der Waals surface area contributed by atoms with Gasteiger partial charge in [0, 0.05) is 11.1 Å². The molecule has 0 saturated heterocycles. The van der Waals surface area contributed by atoms with Crippen molar-refractivity contribution in [3.8, 4) is 16.9 Å². The number of ether oxygens (including phenoxy) is 1. The summed E-state index contributed by atoms with van der Waals surface area (Å²) in [5, 5.41) is 0. The molecule has 0 aliphatic heterocycles. The van der Waals surface area contributed by atoms with E-state index in [1.807, 2.05) is 0 Å². The summed E-state index contributed by atoms with van der Waals surface area (Å²) in [6.07, 6.45) is 3.55. The summed E-state index contributed by atoms with van der Waals surface area (Å²) in [5.74, 6) is 1.65. The van der Waals surface area contributed by atoms with Crippen LogP contribution < -0.4 is 4.74 Å². The molecule has 2 rings (SSSR count). The fraction of sp³-hybridized carbons (Fsp3) is 0.571. The van der Waals surface area contributed by atoms with Crippen molar-refractivity contribution >= 4 is 0 Å². The highest BCUT2D eigenvalue weighted by atomic mass is 16.5. The van der Waals surface area contributed by atoms with Gasteiger partial charge in [-0.15, -0.1) is 0 Å². The SMILES string of the molecule is CCCCCOc1c(C(C)(C)C)cc(-c2ccc(C(C)C)cc2)cc1C(C)(C)C. The smallest absolute Gasteiger partial charge is 0.126 e. The van der Waals surface area contributed by atoms with Crippen LogP contribution in [0, 0.1) is 0 Å². The van der Waals surface area contributed by atoms with E-state index in [4.69, 9.17) is 4.74 Å². The summed E-state index contributed by atoms with van der Waals surface area (Å²) < 4.78 is 6.46. The van der Waals surface area contributed by atoms with Crippen molar-refractivity contribution in [1.29, 1.82) is 0 Å². The maximum absolute atomic E-state index is 6.46. The van der Waals surface area contributed by atoms with Crippen LogP contribution in [0.2, 0.25) is 0 Å². The highest BCUT2D eigenvalue weighted by Crippen LogP contribution is 2.43. The number of rotatable bonds is 7. The molecular formula is C28H42O. The van der Waals surface area contributed by atoms with Crippen LogP contribution in [0.3, 0.4) is 0 Å². The maximum Gasteiger partial charge on any atom is 0.126 e. The van der Waals surface area contributed by atoms with Crippen molar-refractivity contribution in [2.45, 2.75) is 98.3 Å². The molecule has 0 aliphatic carbocycles. The largest absolute Gasteiger partial charge is 0.493 e. The van der Waals surface area contributed by atoms with Gasteiger partial charge in [-0.25, -0.2) is 0 Å². The van der Waals surface area contributed by atoms with Crippen LogP contribution in [0.25, 0.3) is 11.1 Å². The Hall–Kier alpha value is -1.76. The van der Waals surface area contributed by atoms with E-state index >= 15 is 0 Å². The Morgan fingerprint density at radius 2 is 1.28 bits per heavy atom. The first kappa shape index (κ1) is 23.5. The normalized spacial score (nSPS) is 12.5. The first-order valence-electron chi connectivity index (χ1n) is 11.4. The lowest BCUT2D eigenvalue weighted by atomic mass is 9.77. The summed E-state index contributed by atoms with van der Waals surface area (Å²) in [5.41, 5.74) is 6.62. The quantitative estimate of drug-likeness (QED) is 0.427. The lowest BCUT2D eigenvalue weighted by Gasteiger charge is -2.31. The van der Waals surface area contributed by atoms with Gasteiger partial charge >= 0.3 is 0 Å². The minimum absolute atomic E-state index is 0.0218. The molecule has 0 bridgehead atoms. The fourth-order valence-corrected chi connectivity index (χ4v) is 3.65. The maximum atomic E-state index is 6.46. The standard InChI is InChI=1S/C28H42O/c1-10-11-12-17-29-26-24(27(4,5)6)18-23(19-25(26)28(7,8)9)22-15-13-21(14-16-22)20(2)3/h13-16,18-20H,10-12,17H2,1-9H3. The molecule has 0 fully saturated rings. The van der Waals surface area contributed by atoms with Crippen molar-refractivity contribution in [2.24, 2.45) is 0 Å². The van der Waals surface area contributed by atoms with Gasteiger partial charge in [0.2, 0.25) is 0 Å². The zero-order valence-corrected chi connectivity index (χ0v) is 20.3. The molecule has 0 aliphatic rings. The topological polar surface area (TPSA) is 9.23 Å². The molecule has 0 unspecified atom stereocenters. The van der Waals surface area contributed by atoms with Crippen LogP contribution in [0.1, 0.15) is 104 Å². The van der Waals surface area contributed by atoms with E-state index in [0.717, 1.165) is 18.8 Å². The summed E-state index contributed by atoms with van der Waals surface area (Å²) >= 11 is 0. The molecule has 2 aromatic carbocycles. The zero-order valence-electron chi connectivity index (χ0n) is 20.3. The van der Waals surface area contributed by atoms with E-state index in [1.54, 1.807) is 0 Å². The van der Waals surface area contributed by atoms with Crippen molar-refractivity contribution in [3.05, 3.63) is 53.1 Å². The molecule has 0 N–H and O–H groups in total.